The molecule has 2 unspecified atom stereocenters. The molecular weight excluding hydrogens is 114 g/mol. The van der Waals surface area contributed by atoms with E-state index >= 15 is 0 Å². The summed E-state index contributed by atoms with van der Waals surface area (Å²) in [6.07, 6.45) is 4.59. The molecule has 0 saturated heterocycles. The Morgan fingerprint density at radius 3 is 2.89 bits per heavy atom. The number of hydrogen-bond acceptors (Lipinski definition) is 2. The Morgan fingerprint density at radius 1 is 1.78 bits per heavy atom. The maximum atomic E-state index is 10.9. The Bertz CT molecular complexity index is 151. The predicted octanol–water partition coefficient (Wildman–Crippen LogP) is 0.479. The molecule has 2 N–H and O–H groups in total. The van der Waals surface area contributed by atoms with E-state index in [2.05, 4.69) is 0 Å². The summed E-state index contributed by atoms with van der Waals surface area (Å²) in [7, 11) is 0. The van der Waals surface area contributed by atoms with Crippen LogP contribution < -0.4 is 5.73 Å². The van der Waals surface area contributed by atoms with Crippen molar-refractivity contribution in [2.45, 2.75) is 19.4 Å². The van der Waals surface area contributed by atoms with E-state index in [-0.39, 0.29) is 17.7 Å². The van der Waals surface area contributed by atoms with Gasteiger partial charge in [-0.2, -0.15) is 0 Å². The van der Waals surface area contributed by atoms with Gasteiger partial charge < -0.3 is 5.73 Å². The molecule has 2 atom stereocenters. The molecule has 0 amide bonds. The Balaban J connectivity index is 2.69. The van der Waals surface area contributed by atoms with Gasteiger partial charge in [-0.15, -0.1) is 0 Å². The predicted molar refractivity (Wildman–Crippen MR) is 35.9 cm³/mol. The number of Topliss-reactive ketones (excluding diaryl/α,β-unsaturated/α-hetero) is 1. The molecule has 9 heavy (non-hydrogen) atoms. The zero-order valence-corrected chi connectivity index (χ0v) is 5.50. The Hall–Kier alpha value is -0.630. The molecule has 1 aliphatic rings. The molecule has 1 aliphatic carbocycles. The highest BCUT2D eigenvalue weighted by molar-refractivity contribution is 5.88. The van der Waals surface area contributed by atoms with Crippen molar-refractivity contribution in [2.75, 3.05) is 0 Å². The lowest BCUT2D eigenvalue weighted by atomic mass is 9.92. The van der Waals surface area contributed by atoms with Crippen LogP contribution in [0.3, 0.4) is 0 Å². The third kappa shape index (κ3) is 1.19. The van der Waals surface area contributed by atoms with E-state index in [0.717, 1.165) is 0 Å². The zero-order chi connectivity index (χ0) is 6.85. The van der Waals surface area contributed by atoms with E-state index in [1.165, 1.54) is 0 Å². The van der Waals surface area contributed by atoms with Crippen LogP contribution in [0.25, 0.3) is 0 Å². The van der Waals surface area contributed by atoms with E-state index in [9.17, 15) is 4.79 Å². The summed E-state index contributed by atoms with van der Waals surface area (Å²) in [6.45, 7) is 1.87. The van der Waals surface area contributed by atoms with Crippen molar-refractivity contribution >= 4 is 5.78 Å². The number of allylic oxidation sites excluding steroid dienone is 1. The number of ketones is 1. The highest BCUT2D eigenvalue weighted by Crippen LogP contribution is 2.10. The average molecular weight is 125 g/mol. The molecule has 0 aromatic heterocycles. The highest BCUT2D eigenvalue weighted by Gasteiger charge is 2.20. The minimum absolute atomic E-state index is 0.0359. The first kappa shape index (κ1) is 6.49. The first-order chi connectivity index (χ1) is 4.22. The summed E-state index contributed by atoms with van der Waals surface area (Å²) in [6, 6.07) is -0.245. The molecule has 0 aliphatic heterocycles. The van der Waals surface area contributed by atoms with Crippen LogP contribution in [0.4, 0.5) is 0 Å². The van der Waals surface area contributed by atoms with Crippen LogP contribution in [-0.4, -0.2) is 11.8 Å². The molecule has 0 radical (unpaired) electrons. The number of carbonyl (C=O) groups is 1. The van der Waals surface area contributed by atoms with Gasteiger partial charge in [-0.3, -0.25) is 4.79 Å². The van der Waals surface area contributed by atoms with E-state index in [1.807, 2.05) is 19.1 Å². The molecule has 0 aromatic rings. The minimum atomic E-state index is -0.245. The monoisotopic (exact) mass is 125 g/mol. The van der Waals surface area contributed by atoms with E-state index in [1.54, 1.807) is 0 Å². The summed E-state index contributed by atoms with van der Waals surface area (Å²) in [4.78, 5) is 10.9. The van der Waals surface area contributed by atoms with E-state index < -0.39 is 0 Å². The molecule has 0 aromatic carbocycles. The molecule has 0 bridgehead atoms. The van der Waals surface area contributed by atoms with Crippen LogP contribution in [0.1, 0.15) is 13.3 Å². The molecule has 0 spiro atoms. The zero-order valence-electron chi connectivity index (χ0n) is 5.50. The Kier molecular flexibility index (Phi) is 1.67. The number of carbonyl (C=O) groups excluding carboxylic acids is 1. The summed E-state index contributed by atoms with van der Waals surface area (Å²) in [5, 5.41) is 0. The van der Waals surface area contributed by atoms with Crippen molar-refractivity contribution in [1.29, 1.82) is 0 Å². The van der Waals surface area contributed by atoms with Gasteiger partial charge in [-0.1, -0.05) is 19.1 Å². The fourth-order valence-corrected chi connectivity index (χ4v) is 0.978. The molecule has 50 valence electrons. The molecule has 0 heterocycles. The maximum Gasteiger partial charge on any atom is 0.156 e. The van der Waals surface area contributed by atoms with Crippen LogP contribution in [0.15, 0.2) is 12.2 Å². The maximum absolute atomic E-state index is 10.9. The largest absolute Gasteiger partial charge is 0.321 e. The fraction of sp³-hybridized carbons (Fsp3) is 0.571. The second-order valence-corrected chi connectivity index (χ2v) is 2.46. The third-order valence-electron chi connectivity index (χ3n) is 1.63. The third-order valence-corrected chi connectivity index (χ3v) is 1.63. The van der Waals surface area contributed by atoms with E-state index in [4.69, 9.17) is 5.73 Å². The van der Waals surface area contributed by atoms with Gasteiger partial charge in [0.1, 0.15) is 0 Å². The van der Waals surface area contributed by atoms with Crippen molar-refractivity contribution in [2.24, 2.45) is 11.7 Å². The standard InChI is InChI=1S/C7H11NO/c1-5-3-2-4-6(8)7(5)9/h2-3,5-6H,4,8H2,1H3. The summed E-state index contributed by atoms with van der Waals surface area (Å²) in [5.74, 6) is 0.200. The highest BCUT2D eigenvalue weighted by atomic mass is 16.1. The van der Waals surface area contributed by atoms with Crippen molar-refractivity contribution in [3.05, 3.63) is 12.2 Å². The van der Waals surface area contributed by atoms with Crippen molar-refractivity contribution < 1.29 is 4.79 Å². The average Bonchev–Trinajstić information content (AvgIpc) is 1.83. The summed E-state index contributed by atoms with van der Waals surface area (Å²) in [5.41, 5.74) is 5.47. The van der Waals surface area contributed by atoms with Crippen molar-refractivity contribution in [3.63, 3.8) is 0 Å². The van der Waals surface area contributed by atoms with Gasteiger partial charge >= 0.3 is 0 Å². The second-order valence-electron chi connectivity index (χ2n) is 2.46. The van der Waals surface area contributed by atoms with Crippen LogP contribution in [-0.2, 0) is 4.79 Å². The molecule has 0 saturated carbocycles. The normalized spacial score (nSPS) is 35.1. The second kappa shape index (κ2) is 2.31. The van der Waals surface area contributed by atoms with E-state index in [0.29, 0.717) is 6.42 Å². The minimum Gasteiger partial charge on any atom is -0.321 e. The first-order valence-electron chi connectivity index (χ1n) is 3.18. The lowest BCUT2D eigenvalue weighted by Gasteiger charge is -2.15. The lowest BCUT2D eigenvalue weighted by molar-refractivity contribution is -0.122. The van der Waals surface area contributed by atoms with Gasteiger partial charge in [0, 0.05) is 5.92 Å². The van der Waals surface area contributed by atoms with Crippen molar-refractivity contribution in [1.82, 2.24) is 0 Å². The summed E-state index contributed by atoms with van der Waals surface area (Å²) >= 11 is 0. The molecular formula is C7H11NO. The van der Waals surface area contributed by atoms with Crippen LogP contribution in [0.2, 0.25) is 0 Å². The van der Waals surface area contributed by atoms with Gasteiger partial charge in [0.15, 0.2) is 5.78 Å². The molecule has 0 fully saturated rings. The van der Waals surface area contributed by atoms with Gasteiger partial charge in [-0.25, -0.2) is 0 Å². The van der Waals surface area contributed by atoms with Crippen LogP contribution in [0.5, 0.6) is 0 Å². The van der Waals surface area contributed by atoms with Crippen molar-refractivity contribution in [3.8, 4) is 0 Å². The number of nitrogens with two attached hydrogens (primary N) is 1. The van der Waals surface area contributed by atoms with Gasteiger partial charge in [0.05, 0.1) is 6.04 Å². The van der Waals surface area contributed by atoms with Crippen LogP contribution in [0, 0.1) is 5.92 Å². The molecule has 1 rings (SSSR count). The molecule has 2 nitrogen and oxygen atoms in total. The quantitative estimate of drug-likeness (QED) is 0.478. The molecule has 2 heteroatoms. The number of rotatable bonds is 0. The van der Waals surface area contributed by atoms with Gasteiger partial charge in [0.2, 0.25) is 0 Å². The topological polar surface area (TPSA) is 43.1 Å². The summed E-state index contributed by atoms with van der Waals surface area (Å²) < 4.78 is 0. The van der Waals surface area contributed by atoms with Crippen LogP contribution >= 0.6 is 0 Å². The van der Waals surface area contributed by atoms with Gasteiger partial charge in [-0.05, 0) is 6.42 Å². The smallest absolute Gasteiger partial charge is 0.156 e. The fourth-order valence-electron chi connectivity index (χ4n) is 0.978. The van der Waals surface area contributed by atoms with Gasteiger partial charge in [0.25, 0.3) is 0 Å². The first-order valence-corrected chi connectivity index (χ1v) is 3.18. The number of hydrogen-bond donors (Lipinski definition) is 1. The Morgan fingerprint density at radius 2 is 2.44 bits per heavy atom. The SMILES string of the molecule is CC1C=CCC(N)C1=O. The Labute approximate surface area is 54.7 Å². The lowest BCUT2D eigenvalue weighted by Crippen LogP contribution is -2.35.